The summed E-state index contributed by atoms with van der Waals surface area (Å²) in [6, 6.07) is 22.2. The summed E-state index contributed by atoms with van der Waals surface area (Å²) in [7, 11) is 0. The van der Waals surface area contributed by atoms with Crippen molar-refractivity contribution in [3.63, 3.8) is 0 Å². The highest BCUT2D eigenvalue weighted by atomic mass is 16.5. The van der Waals surface area contributed by atoms with Crippen molar-refractivity contribution in [1.29, 1.82) is 0 Å². The molecule has 1 atom stereocenters. The van der Waals surface area contributed by atoms with Gasteiger partial charge in [-0.2, -0.15) is 5.10 Å². The number of rotatable bonds is 7. The lowest BCUT2D eigenvalue weighted by atomic mass is 10.1. The van der Waals surface area contributed by atoms with E-state index in [4.69, 9.17) is 4.74 Å². The Hall–Kier alpha value is -4.46. The zero-order valence-corrected chi connectivity index (χ0v) is 19.3. The molecule has 1 aliphatic rings. The van der Waals surface area contributed by atoms with Gasteiger partial charge in [0, 0.05) is 24.8 Å². The van der Waals surface area contributed by atoms with E-state index >= 15 is 0 Å². The van der Waals surface area contributed by atoms with Crippen molar-refractivity contribution < 1.29 is 14.3 Å². The second-order valence-electron chi connectivity index (χ2n) is 8.25. The first-order valence-corrected chi connectivity index (χ1v) is 11.5. The molecule has 5 rings (SSSR count). The highest BCUT2D eigenvalue weighted by molar-refractivity contribution is 5.99. The van der Waals surface area contributed by atoms with Crippen LogP contribution >= 0.6 is 0 Å². The molecule has 1 saturated heterocycles. The van der Waals surface area contributed by atoms with Crippen LogP contribution in [0.5, 0.6) is 11.5 Å². The van der Waals surface area contributed by atoms with Crippen LogP contribution < -0.4 is 15.0 Å². The molecule has 176 valence electrons. The lowest BCUT2D eigenvalue weighted by Crippen LogP contribution is -2.37. The predicted molar refractivity (Wildman–Crippen MR) is 132 cm³/mol. The Kier molecular flexibility index (Phi) is 6.26. The van der Waals surface area contributed by atoms with E-state index in [1.807, 2.05) is 79.7 Å². The number of carbonyl (C=O) groups is 2. The fourth-order valence-corrected chi connectivity index (χ4v) is 4.22. The number of anilines is 1. The molecular weight excluding hydrogens is 442 g/mol. The molecule has 1 fully saturated rings. The van der Waals surface area contributed by atoms with Crippen LogP contribution in [0, 0.1) is 0 Å². The quantitative estimate of drug-likeness (QED) is 0.441. The molecular formula is C27H25N5O3. The molecule has 1 aliphatic heterocycles. The summed E-state index contributed by atoms with van der Waals surface area (Å²) in [4.78, 5) is 31.8. The fraction of sp³-hybridized carbons (Fsp3) is 0.185. The summed E-state index contributed by atoms with van der Waals surface area (Å²) in [6.45, 7) is 2.37. The number of benzene rings is 2. The van der Waals surface area contributed by atoms with Crippen molar-refractivity contribution in [2.75, 3.05) is 11.4 Å². The van der Waals surface area contributed by atoms with Crippen LogP contribution in [-0.4, -0.2) is 39.2 Å². The Bertz CT molecular complexity index is 1320. The average Bonchev–Trinajstić information content (AvgIpc) is 3.49. The zero-order chi connectivity index (χ0) is 24.2. The Morgan fingerprint density at radius 1 is 1.03 bits per heavy atom. The molecule has 0 spiro atoms. The smallest absolute Gasteiger partial charge is 0.255 e. The molecule has 35 heavy (non-hydrogen) atoms. The molecule has 0 bridgehead atoms. The van der Waals surface area contributed by atoms with E-state index in [9.17, 15) is 9.59 Å². The van der Waals surface area contributed by atoms with Crippen LogP contribution in [0.2, 0.25) is 0 Å². The Balaban J connectivity index is 1.25. The number of nitrogens with one attached hydrogen (secondary N) is 1. The van der Waals surface area contributed by atoms with E-state index in [0.717, 1.165) is 17.1 Å². The lowest BCUT2D eigenvalue weighted by Gasteiger charge is -2.18. The summed E-state index contributed by atoms with van der Waals surface area (Å²) in [6.07, 6.45) is 4.11. The molecule has 3 heterocycles. The van der Waals surface area contributed by atoms with Crippen molar-refractivity contribution in [2.24, 2.45) is 0 Å². The van der Waals surface area contributed by atoms with Crippen LogP contribution in [0.4, 0.5) is 5.69 Å². The molecule has 1 unspecified atom stereocenters. The van der Waals surface area contributed by atoms with E-state index in [2.05, 4.69) is 15.4 Å². The van der Waals surface area contributed by atoms with Gasteiger partial charge in [0.15, 0.2) is 5.82 Å². The third-order valence-corrected chi connectivity index (χ3v) is 5.90. The highest BCUT2D eigenvalue weighted by Gasteiger charge is 2.32. The van der Waals surface area contributed by atoms with E-state index in [1.54, 1.807) is 22.0 Å². The van der Waals surface area contributed by atoms with Crippen LogP contribution in [0.15, 0.2) is 85.2 Å². The van der Waals surface area contributed by atoms with Crippen LogP contribution in [0.3, 0.4) is 0 Å². The van der Waals surface area contributed by atoms with Gasteiger partial charge in [-0.1, -0.05) is 31.2 Å². The minimum Gasteiger partial charge on any atom is -0.457 e. The van der Waals surface area contributed by atoms with Crippen LogP contribution in [0.25, 0.3) is 5.82 Å². The normalized spacial score (nSPS) is 15.3. The fourth-order valence-electron chi connectivity index (χ4n) is 4.22. The number of hydrogen-bond donors (Lipinski definition) is 1. The van der Waals surface area contributed by atoms with Gasteiger partial charge >= 0.3 is 0 Å². The number of amides is 2. The van der Waals surface area contributed by atoms with Gasteiger partial charge in [-0.3, -0.25) is 9.59 Å². The van der Waals surface area contributed by atoms with Gasteiger partial charge in [0.2, 0.25) is 5.91 Å². The average molecular weight is 468 g/mol. The van der Waals surface area contributed by atoms with Crippen molar-refractivity contribution in [3.05, 3.63) is 96.4 Å². The monoisotopic (exact) mass is 467 g/mol. The molecule has 2 aromatic heterocycles. The van der Waals surface area contributed by atoms with Crippen molar-refractivity contribution in [2.45, 2.75) is 25.8 Å². The SMILES string of the molecule is CCc1c(C(=O)NC2CC(=O)N(c3ccc(Oc4ccccc4)cc3)C2)cnn1-c1ccccn1. The summed E-state index contributed by atoms with van der Waals surface area (Å²) >= 11 is 0. The van der Waals surface area contributed by atoms with Crippen molar-refractivity contribution in [1.82, 2.24) is 20.1 Å². The maximum absolute atomic E-state index is 13.1. The summed E-state index contributed by atoms with van der Waals surface area (Å²) in [5.41, 5.74) is 2.03. The van der Waals surface area contributed by atoms with Gasteiger partial charge in [-0.25, -0.2) is 9.67 Å². The number of nitrogens with zero attached hydrogens (tertiary/aromatic N) is 4. The highest BCUT2D eigenvalue weighted by Crippen LogP contribution is 2.27. The molecule has 0 aliphatic carbocycles. The molecule has 8 nitrogen and oxygen atoms in total. The third-order valence-electron chi connectivity index (χ3n) is 5.90. The number of hydrogen-bond acceptors (Lipinski definition) is 5. The van der Waals surface area contributed by atoms with Crippen molar-refractivity contribution in [3.8, 4) is 17.3 Å². The molecule has 2 amide bonds. The van der Waals surface area contributed by atoms with Gasteiger partial charge in [0.25, 0.3) is 5.91 Å². The van der Waals surface area contributed by atoms with Crippen LogP contribution in [-0.2, 0) is 11.2 Å². The number of ether oxygens (including phenoxy) is 1. The predicted octanol–water partition coefficient (Wildman–Crippen LogP) is 4.16. The lowest BCUT2D eigenvalue weighted by molar-refractivity contribution is -0.117. The zero-order valence-electron chi connectivity index (χ0n) is 19.3. The van der Waals surface area contributed by atoms with Crippen LogP contribution in [0.1, 0.15) is 29.4 Å². The maximum Gasteiger partial charge on any atom is 0.255 e. The molecule has 0 radical (unpaired) electrons. The van der Waals surface area contributed by atoms with Gasteiger partial charge in [0.05, 0.1) is 23.5 Å². The van der Waals surface area contributed by atoms with Gasteiger partial charge in [-0.15, -0.1) is 0 Å². The minimum atomic E-state index is -0.293. The molecule has 2 aromatic carbocycles. The second kappa shape index (κ2) is 9.80. The first-order chi connectivity index (χ1) is 17.1. The summed E-state index contributed by atoms with van der Waals surface area (Å²) in [5.74, 6) is 1.82. The van der Waals surface area contributed by atoms with E-state index < -0.39 is 0 Å². The molecule has 8 heteroatoms. The first kappa shape index (κ1) is 22.3. The first-order valence-electron chi connectivity index (χ1n) is 11.5. The van der Waals surface area contributed by atoms with E-state index in [-0.39, 0.29) is 24.3 Å². The number of pyridine rings is 1. The molecule has 0 saturated carbocycles. The topological polar surface area (TPSA) is 89.4 Å². The summed E-state index contributed by atoms with van der Waals surface area (Å²) in [5, 5.41) is 7.38. The van der Waals surface area contributed by atoms with Crippen molar-refractivity contribution >= 4 is 17.5 Å². The third kappa shape index (κ3) is 4.77. The Morgan fingerprint density at radius 2 is 1.77 bits per heavy atom. The Labute approximate surface area is 203 Å². The Morgan fingerprint density at radius 3 is 2.49 bits per heavy atom. The largest absolute Gasteiger partial charge is 0.457 e. The standard InChI is InChI=1S/C27H25N5O3/c1-2-24-23(17-29-32(24)25-10-6-7-15-28-25)27(34)30-19-16-26(33)31(18-19)20-11-13-22(14-12-20)35-21-8-4-3-5-9-21/h3-15,17,19H,2,16,18H2,1H3,(H,30,34). The molecule has 4 aromatic rings. The van der Waals surface area contributed by atoms with Gasteiger partial charge in [0.1, 0.15) is 11.5 Å². The second-order valence-corrected chi connectivity index (χ2v) is 8.25. The number of para-hydroxylation sites is 1. The van der Waals surface area contributed by atoms with Gasteiger partial charge in [-0.05, 0) is 55.0 Å². The number of aromatic nitrogens is 3. The maximum atomic E-state index is 13.1. The van der Waals surface area contributed by atoms with Gasteiger partial charge < -0.3 is 15.0 Å². The number of carbonyl (C=O) groups excluding carboxylic acids is 2. The van der Waals surface area contributed by atoms with E-state index in [0.29, 0.717) is 30.1 Å². The molecule has 1 N–H and O–H groups in total. The van der Waals surface area contributed by atoms with E-state index in [1.165, 1.54) is 0 Å². The summed E-state index contributed by atoms with van der Waals surface area (Å²) < 4.78 is 7.51. The minimum absolute atomic E-state index is 0.0353.